The summed E-state index contributed by atoms with van der Waals surface area (Å²) >= 11 is 6.83. The number of benzene rings is 1. The molecule has 0 bridgehead atoms. The zero-order chi connectivity index (χ0) is 13.6. The number of hydrogen-bond acceptors (Lipinski definition) is 6. The number of Topliss-reactive ketones (excluding diaryl/α,β-unsaturated/α-hetero) is 1. The standard InChI is InChI=1S/C12H9ClN2O3S/c1-7-6-19-12(17)15(7)11(14-18-12)10(16)8-2-4-9(13)5-3-8/h2-6,17H,1H3. The van der Waals surface area contributed by atoms with Gasteiger partial charge in [0.25, 0.3) is 0 Å². The number of carbonyl (C=O) groups is 1. The summed E-state index contributed by atoms with van der Waals surface area (Å²) in [6, 6.07) is 6.46. The van der Waals surface area contributed by atoms with E-state index in [4.69, 9.17) is 16.4 Å². The Hall–Kier alpha value is -1.50. The molecule has 0 saturated heterocycles. The van der Waals surface area contributed by atoms with Crippen LogP contribution in [0.2, 0.25) is 5.02 Å². The third kappa shape index (κ3) is 1.92. The van der Waals surface area contributed by atoms with Crippen molar-refractivity contribution in [2.24, 2.45) is 5.16 Å². The fourth-order valence-corrected chi connectivity index (χ4v) is 2.84. The minimum atomic E-state index is -1.64. The van der Waals surface area contributed by atoms with E-state index in [-0.39, 0.29) is 11.6 Å². The number of halogens is 1. The average molecular weight is 297 g/mol. The predicted molar refractivity (Wildman–Crippen MR) is 72.4 cm³/mol. The Labute approximate surface area is 118 Å². The number of amidine groups is 1. The van der Waals surface area contributed by atoms with Crippen molar-refractivity contribution < 1.29 is 14.7 Å². The molecule has 5 nitrogen and oxygen atoms in total. The first-order valence-corrected chi connectivity index (χ1v) is 6.71. The molecule has 0 aromatic heterocycles. The second kappa shape index (κ2) is 4.26. The van der Waals surface area contributed by atoms with Crippen molar-refractivity contribution in [2.75, 3.05) is 0 Å². The lowest BCUT2D eigenvalue weighted by Crippen LogP contribution is -2.43. The zero-order valence-electron chi connectivity index (χ0n) is 9.83. The number of thioether (sulfide) groups is 1. The number of fused-ring (bicyclic) bond motifs is 1. The van der Waals surface area contributed by atoms with Crippen molar-refractivity contribution in [2.45, 2.75) is 12.2 Å². The fraction of sp³-hybridized carbons (Fsp3) is 0.167. The summed E-state index contributed by atoms with van der Waals surface area (Å²) in [6.07, 6.45) is 0. The second-order valence-electron chi connectivity index (χ2n) is 4.10. The molecule has 7 heteroatoms. The van der Waals surface area contributed by atoms with Gasteiger partial charge < -0.3 is 9.94 Å². The molecule has 1 atom stereocenters. The number of carbonyl (C=O) groups excluding carboxylic acids is 1. The predicted octanol–water partition coefficient (Wildman–Crippen LogP) is 2.38. The van der Waals surface area contributed by atoms with Crippen LogP contribution in [-0.2, 0) is 4.84 Å². The fourth-order valence-electron chi connectivity index (χ4n) is 1.87. The summed E-state index contributed by atoms with van der Waals surface area (Å²) in [5.41, 5.74) is 1.13. The monoisotopic (exact) mass is 296 g/mol. The molecule has 0 spiro atoms. The van der Waals surface area contributed by atoms with Crippen molar-refractivity contribution in [3.05, 3.63) is 46.0 Å². The van der Waals surface area contributed by atoms with Gasteiger partial charge in [0, 0.05) is 16.3 Å². The Kier molecular flexibility index (Phi) is 2.81. The topological polar surface area (TPSA) is 62.1 Å². The maximum Gasteiger partial charge on any atom is 0.378 e. The van der Waals surface area contributed by atoms with E-state index in [1.807, 2.05) is 0 Å². The largest absolute Gasteiger partial charge is 0.378 e. The Morgan fingerprint density at radius 3 is 2.84 bits per heavy atom. The minimum Gasteiger partial charge on any atom is -0.328 e. The van der Waals surface area contributed by atoms with Gasteiger partial charge in [-0.3, -0.25) is 4.79 Å². The molecule has 1 aromatic rings. The number of allylic oxidation sites excluding steroid dienone is 1. The van der Waals surface area contributed by atoms with Gasteiger partial charge in [0.05, 0.1) is 0 Å². The lowest BCUT2D eigenvalue weighted by molar-refractivity contribution is -0.166. The normalized spacial score (nSPS) is 24.7. The number of hydrogen-bond donors (Lipinski definition) is 1. The van der Waals surface area contributed by atoms with Crippen molar-refractivity contribution in [1.29, 1.82) is 0 Å². The van der Waals surface area contributed by atoms with E-state index in [2.05, 4.69) is 5.16 Å². The zero-order valence-corrected chi connectivity index (χ0v) is 11.4. The van der Waals surface area contributed by atoms with Crippen LogP contribution in [-0.4, -0.2) is 26.9 Å². The molecule has 2 aliphatic rings. The molecule has 1 aromatic carbocycles. The van der Waals surface area contributed by atoms with Crippen molar-refractivity contribution in [1.82, 2.24) is 4.90 Å². The van der Waals surface area contributed by atoms with E-state index in [1.54, 1.807) is 36.6 Å². The van der Waals surface area contributed by atoms with Gasteiger partial charge in [0.2, 0.25) is 11.6 Å². The number of aliphatic hydroxyl groups is 1. The highest BCUT2D eigenvalue weighted by atomic mass is 35.5. The van der Waals surface area contributed by atoms with Crippen molar-refractivity contribution in [3.63, 3.8) is 0 Å². The number of oxime groups is 1. The lowest BCUT2D eigenvalue weighted by atomic mass is 10.1. The average Bonchev–Trinajstić information content (AvgIpc) is 2.87. The molecule has 2 aliphatic heterocycles. The SMILES string of the molecule is CC1=CSC2(O)ON=C(C(=O)c3ccc(Cl)cc3)N12. The Morgan fingerprint density at radius 2 is 2.16 bits per heavy atom. The summed E-state index contributed by atoms with van der Waals surface area (Å²) in [4.78, 5) is 18.7. The first-order chi connectivity index (χ1) is 9.01. The van der Waals surface area contributed by atoms with Gasteiger partial charge in [-0.2, -0.15) is 0 Å². The third-order valence-corrected chi connectivity index (χ3v) is 4.07. The van der Waals surface area contributed by atoms with E-state index in [0.29, 0.717) is 16.3 Å². The van der Waals surface area contributed by atoms with Gasteiger partial charge in [-0.25, -0.2) is 4.90 Å². The molecule has 0 fully saturated rings. The van der Waals surface area contributed by atoms with E-state index in [0.717, 1.165) is 11.8 Å². The smallest absolute Gasteiger partial charge is 0.328 e. The molecule has 0 saturated carbocycles. The molecule has 0 radical (unpaired) electrons. The van der Waals surface area contributed by atoms with Crippen LogP contribution < -0.4 is 0 Å². The van der Waals surface area contributed by atoms with Gasteiger partial charge in [0.1, 0.15) is 0 Å². The van der Waals surface area contributed by atoms with E-state index in [1.165, 1.54) is 4.90 Å². The van der Waals surface area contributed by atoms with E-state index in [9.17, 15) is 9.90 Å². The first kappa shape index (κ1) is 12.5. The molecule has 0 aliphatic carbocycles. The summed E-state index contributed by atoms with van der Waals surface area (Å²) in [7, 11) is 0. The number of ketones is 1. The minimum absolute atomic E-state index is 0.0589. The Morgan fingerprint density at radius 1 is 1.47 bits per heavy atom. The third-order valence-electron chi connectivity index (χ3n) is 2.79. The van der Waals surface area contributed by atoms with Crippen LogP contribution in [0.1, 0.15) is 17.3 Å². The Bertz CT molecular complexity index is 614. The summed E-state index contributed by atoms with van der Waals surface area (Å²) in [5.74, 6) is -0.272. The Balaban J connectivity index is 1.93. The lowest BCUT2D eigenvalue weighted by Gasteiger charge is -2.24. The van der Waals surface area contributed by atoms with Gasteiger partial charge in [-0.05, 0) is 48.4 Å². The highest BCUT2D eigenvalue weighted by Gasteiger charge is 2.51. The van der Waals surface area contributed by atoms with Gasteiger partial charge in [-0.1, -0.05) is 16.8 Å². The summed E-state index contributed by atoms with van der Waals surface area (Å²) < 4.78 is 0. The van der Waals surface area contributed by atoms with Crippen molar-refractivity contribution >= 4 is 35.0 Å². The van der Waals surface area contributed by atoms with Crippen LogP contribution in [0.4, 0.5) is 0 Å². The highest BCUT2D eigenvalue weighted by molar-refractivity contribution is 8.03. The molecule has 98 valence electrons. The van der Waals surface area contributed by atoms with Gasteiger partial charge in [-0.15, -0.1) is 0 Å². The van der Waals surface area contributed by atoms with Gasteiger partial charge >= 0.3 is 5.24 Å². The molecule has 0 amide bonds. The maximum absolute atomic E-state index is 12.3. The molecule has 3 rings (SSSR count). The first-order valence-electron chi connectivity index (χ1n) is 5.45. The molecule has 2 heterocycles. The van der Waals surface area contributed by atoms with Crippen LogP contribution in [0.5, 0.6) is 0 Å². The molecular weight excluding hydrogens is 288 g/mol. The van der Waals surface area contributed by atoms with Crippen LogP contribution in [0, 0.1) is 0 Å². The van der Waals surface area contributed by atoms with Crippen LogP contribution in [0.25, 0.3) is 0 Å². The second-order valence-corrected chi connectivity index (χ2v) is 5.54. The van der Waals surface area contributed by atoms with Crippen molar-refractivity contribution in [3.8, 4) is 0 Å². The molecule has 1 unspecified atom stereocenters. The highest BCUT2D eigenvalue weighted by Crippen LogP contribution is 2.43. The summed E-state index contributed by atoms with van der Waals surface area (Å²) in [5, 5.41) is 14.4. The van der Waals surface area contributed by atoms with Crippen LogP contribution in [0.15, 0.2) is 40.5 Å². The quantitative estimate of drug-likeness (QED) is 0.849. The molecule has 19 heavy (non-hydrogen) atoms. The molecule has 1 N–H and O–H groups in total. The van der Waals surface area contributed by atoms with E-state index >= 15 is 0 Å². The maximum atomic E-state index is 12.3. The number of nitrogens with zero attached hydrogens (tertiary/aromatic N) is 2. The van der Waals surface area contributed by atoms with Crippen LogP contribution in [0.3, 0.4) is 0 Å². The molecular formula is C12H9ClN2O3S. The van der Waals surface area contributed by atoms with Crippen LogP contribution >= 0.6 is 23.4 Å². The summed E-state index contributed by atoms with van der Waals surface area (Å²) in [6.45, 7) is 1.77. The number of rotatable bonds is 2. The van der Waals surface area contributed by atoms with E-state index < -0.39 is 5.24 Å². The van der Waals surface area contributed by atoms with Gasteiger partial charge in [0.15, 0.2) is 0 Å².